The molecule has 0 heterocycles. The van der Waals surface area contributed by atoms with Gasteiger partial charge in [-0.25, -0.2) is 0 Å². The molecule has 8 heteroatoms. The van der Waals surface area contributed by atoms with E-state index in [9.17, 15) is 4.79 Å². The zero-order valence-electron chi connectivity index (χ0n) is 42.5. The lowest BCUT2D eigenvalue weighted by Crippen LogP contribution is -2.11. The van der Waals surface area contributed by atoms with Crippen LogP contribution in [0.15, 0.2) is 295 Å². The highest BCUT2D eigenvalue weighted by Gasteiger charge is 2.10. The van der Waals surface area contributed by atoms with Gasteiger partial charge >= 0.3 is 0 Å². The second-order valence-electron chi connectivity index (χ2n) is 17.6. The van der Waals surface area contributed by atoms with Gasteiger partial charge in [-0.1, -0.05) is 207 Å². The fourth-order valence-corrected chi connectivity index (χ4v) is 7.82. The standard InChI is InChI=1S/C35H29N3.C21H18N2.C13H12N2O/c1-26-12-15-29(16-13-26)35(30-17-21-32(36)22-18-30)31-19-23-33(24-20-31)37-38-34(28-10-6-3-7-11-28)25-14-27-8-4-2-5-9-27;1-4-10-18(11-5-1)16-17-21(19-12-6-2-7-13-19)23-22-20-14-8-3-9-15-20;14-11-5-1-9(2-6-11)13(16)10-3-7-12(15)8-4-10/h2-25,37H,1,36H2;1-17,22H;1-8H,14-15H2. The Bertz CT molecular complexity index is 3610. The molecular formula is C69H59N7O. The molecule has 0 bridgehead atoms. The van der Waals surface area contributed by atoms with Gasteiger partial charge in [-0.05, 0) is 135 Å². The molecule has 0 saturated heterocycles. The monoisotopic (exact) mass is 1000 g/mol. The van der Waals surface area contributed by atoms with E-state index in [1.54, 1.807) is 48.5 Å². The van der Waals surface area contributed by atoms with Crippen LogP contribution in [0, 0.1) is 0 Å². The molecule has 376 valence electrons. The zero-order valence-corrected chi connectivity index (χ0v) is 42.5. The predicted octanol–water partition coefficient (Wildman–Crippen LogP) is 13.8. The molecule has 0 fully saturated rings. The molecule has 0 unspecified atom stereocenters. The first-order valence-corrected chi connectivity index (χ1v) is 25.0. The minimum atomic E-state index is -0.0278. The molecule has 77 heavy (non-hydrogen) atoms. The van der Waals surface area contributed by atoms with Gasteiger partial charge < -0.3 is 17.2 Å². The van der Waals surface area contributed by atoms with Gasteiger partial charge in [-0.3, -0.25) is 15.6 Å². The van der Waals surface area contributed by atoms with Crippen LogP contribution in [0.1, 0.15) is 49.3 Å². The number of hydrogen-bond acceptors (Lipinski definition) is 8. The average Bonchev–Trinajstić information content (AvgIpc) is 3.48. The Kier molecular flexibility index (Phi) is 18.8. The summed E-state index contributed by atoms with van der Waals surface area (Å²) >= 11 is 0. The van der Waals surface area contributed by atoms with E-state index in [0.717, 1.165) is 77.9 Å². The largest absolute Gasteiger partial charge is 0.399 e. The summed E-state index contributed by atoms with van der Waals surface area (Å²) in [6.45, 7) is 4.03. The Morgan fingerprint density at radius 1 is 0.351 bits per heavy atom. The van der Waals surface area contributed by atoms with Crippen molar-refractivity contribution in [2.24, 2.45) is 10.2 Å². The van der Waals surface area contributed by atoms with Gasteiger partial charge in [0.15, 0.2) is 5.78 Å². The van der Waals surface area contributed by atoms with Gasteiger partial charge in [0.25, 0.3) is 0 Å². The Morgan fingerprint density at radius 3 is 1.06 bits per heavy atom. The predicted molar refractivity (Wildman–Crippen MR) is 326 cm³/mol. The minimum absolute atomic E-state index is 0.0278. The van der Waals surface area contributed by atoms with Crippen molar-refractivity contribution in [2.75, 3.05) is 28.1 Å². The molecule has 0 aromatic heterocycles. The van der Waals surface area contributed by atoms with E-state index in [1.165, 1.54) is 0 Å². The number of nitrogens with two attached hydrogens (primary N) is 3. The number of para-hydroxylation sites is 1. The van der Waals surface area contributed by atoms with E-state index < -0.39 is 0 Å². The van der Waals surface area contributed by atoms with Gasteiger partial charge in [0.2, 0.25) is 0 Å². The summed E-state index contributed by atoms with van der Waals surface area (Å²) in [5.74, 6) is -0.0278. The molecule has 0 aliphatic carbocycles. The van der Waals surface area contributed by atoms with E-state index in [4.69, 9.17) is 22.3 Å². The molecular weight excluding hydrogens is 943 g/mol. The molecule has 0 aliphatic rings. The van der Waals surface area contributed by atoms with Crippen molar-refractivity contribution in [3.05, 3.63) is 340 Å². The van der Waals surface area contributed by atoms with Crippen LogP contribution in [0.5, 0.6) is 0 Å². The molecule has 10 aromatic rings. The molecule has 0 saturated carbocycles. The summed E-state index contributed by atoms with van der Waals surface area (Å²) in [4.78, 5) is 12.0. The molecule has 10 rings (SSSR count). The third kappa shape index (κ3) is 16.2. The summed E-state index contributed by atoms with van der Waals surface area (Å²) < 4.78 is 0. The summed E-state index contributed by atoms with van der Waals surface area (Å²) in [7, 11) is 0. The van der Waals surface area contributed by atoms with Crippen LogP contribution in [0.4, 0.5) is 28.4 Å². The highest BCUT2D eigenvalue weighted by molar-refractivity contribution is 6.12. The maximum atomic E-state index is 12.0. The first kappa shape index (κ1) is 52.7. The first-order chi connectivity index (χ1) is 37.7. The number of carbonyl (C=O) groups excluding carboxylic acids is 1. The molecule has 8 nitrogen and oxygen atoms in total. The zero-order chi connectivity index (χ0) is 53.4. The number of carbonyl (C=O) groups is 1. The maximum absolute atomic E-state index is 12.0. The van der Waals surface area contributed by atoms with Crippen molar-refractivity contribution in [3.63, 3.8) is 0 Å². The SMILES string of the molecule is C(=Cc1ccccc1)C(=NNc1ccccc1)c1ccccc1.C=c1ccc(=C(c2ccc(N)cc2)c2ccc(NN=C(C=Cc3ccccc3)c3ccccc3)cc2)cc1.Nc1ccc(C(=O)c2ccc(N)cc2)cc1. The highest BCUT2D eigenvalue weighted by atomic mass is 16.1. The highest BCUT2D eigenvalue weighted by Crippen LogP contribution is 2.24. The quantitative estimate of drug-likeness (QED) is 0.0318. The number of anilines is 5. The second kappa shape index (κ2) is 27.5. The normalized spacial score (nSPS) is 11.2. The fourth-order valence-electron chi connectivity index (χ4n) is 7.82. The van der Waals surface area contributed by atoms with Crippen molar-refractivity contribution < 1.29 is 4.79 Å². The van der Waals surface area contributed by atoms with Crippen LogP contribution in [0.3, 0.4) is 0 Å². The van der Waals surface area contributed by atoms with Crippen LogP contribution in [-0.4, -0.2) is 17.2 Å². The number of ketones is 1. The molecule has 0 aliphatic heterocycles. The third-order valence-electron chi connectivity index (χ3n) is 12.0. The maximum Gasteiger partial charge on any atom is 0.193 e. The van der Waals surface area contributed by atoms with E-state index in [-0.39, 0.29) is 5.78 Å². The van der Waals surface area contributed by atoms with Crippen molar-refractivity contribution in [1.82, 2.24) is 0 Å². The summed E-state index contributed by atoms with van der Waals surface area (Å²) in [6, 6.07) is 89.0. The lowest BCUT2D eigenvalue weighted by molar-refractivity contribution is 0.103. The van der Waals surface area contributed by atoms with E-state index in [2.05, 4.69) is 132 Å². The molecule has 0 radical (unpaired) electrons. The molecule has 10 aromatic carbocycles. The van der Waals surface area contributed by atoms with Crippen LogP contribution < -0.4 is 38.5 Å². The number of hydrazone groups is 2. The number of nitrogens with one attached hydrogen (secondary N) is 2. The van der Waals surface area contributed by atoms with Crippen LogP contribution >= 0.6 is 0 Å². The van der Waals surface area contributed by atoms with Gasteiger partial charge in [-0.2, -0.15) is 10.2 Å². The van der Waals surface area contributed by atoms with E-state index >= 15 is 0 Å². The van der Waals surface area contributed by atoms with Crippen molar-refractivity contribution in [3.8, 4) is 0 Å². The minimum Gasteiger partial charge on any atom is -0.399 e. The van der Waals surface area contributed by atoms with E-state index in [1.807, 2.05) is 140 Å². The van der Waals surface area contributed by atoms with Crippen LogP contribution in [0.25, 0.3) is 24.3 Å². The van der Waals surface area contributed by atoms with Gasteiger partial charge in [0.1, 0.15) is 0 Å². The smallest absolute Gasteiger partial charge is 0.193 e. The molecule has 0 atom stereocenters. The van der Waals surface area contributed by atoms with Gasteiger partial charge in [0.05, 0.1) is 22.8 Å². The Hall–Kier alpha value is -10.6. The molecule has 0 spiro atoms. The number of nitrogen functional groups attached to an aromatic ring is 3. The first-order valence-electron chi connectivity index (χ1n) is 25.0. The average molecular weight is 1000 g/mol. The third-order valence-corrected chi connectivity index (χ3v) is 12.0. The Labute approximate surface area is 450 Å². The number of hydrogen-bond donors (Lipinski definition) is 5. The van der Waals surface area contributed by atoms with Gasteiger partial charge in [0, 0.05) is 39.3 Å². The Balaban J connectivity index is 0.000000170. The molecule has 8 N–H and O–H groups in total. The van der Waals surface area contributed by atoms with Crippen LogP contribution in [-0.2, 0) is 0 Å². The lowest BCUT2D eigenvalue weighted by atomic mass is 9.95. The summed E-state index contributed by atoms with van der Waals surface area (Å²) in [5.41, 5.74) is 38.0. The lowest BCUT2D eigenvalue weighted by Gasteiger charge is -2.11. The second-order valence-corrected chi connectivity index (χ2v) is 17.6. The van der Waals surface area contributed by atoms with Crippen LogP contribution in [0.2, 0.25) is 0 Å². The summed E-state index contributed by atoms with van der Waals surface area (Å²) in [6.07, 6.45) is 8.20. The van der Waals surface area contributed by atoms with Crippen molar-refractivity contribution >= 4 is 69.9 Å². The number of allylic oxidation sites excluding steroid dienone is 2. The topological polar surface area (TPSA) is 144 Å². The number of nitrogens with zero attached hydrogens (tertiary/aromatic N) is 2. The summed E-state index contributed by atoms with van der Waals surface area (Å²) in [5, 5.41) is 11.4. The Morgan fingerprint density at radius 2 is 0.675 bits per heavy atom. The van der Waals surface area contributed by atoms with Gasteiger partial charge in [-0.15, -0.1) is 0 Å². The van der Waals surface area contributed by atoms with Crippen molar-refractivity contribution in [2.45, 2.75) is 0 Å². The van der Waals surface area contributed by atoms with Crippen molar-refractivity contribution in [1.29, 1.82) is 0 Å². The number of rotatable bonds is 14. The fraction of sp³-hybridized carbons (Fsp3) is 0. The van der Waals surface area contributed by atoms with E-state index in [0.29, 0.717) is 22.5 Å². The number of benzene rings is 10. The molecule has 0 amide bonds.